The number of carboxylic acids is 1. The lowest BCUT2D eigenvalue weighted by Gasteiger charge is -2.61. The number of benzene rings is 1. The van der Waals surface area contributed by atoms with E-state index in [0.29, 0.717) is 5.54 Å². The van der Waals surface area contributed by atoms with Crippen LogP contribution in [0.2, 0.25) is 0 Å². The Morgan fingerprint density at radius 3 is 2.31 bits per heavy atom. The zero-order valence-corrected chi connectivity index (χ0v) is 18.5. The average Bonchev–Trinajstić information content (AvgIpc) is 2.77. The number of fused-ring (bicyclic) bond motifs is 1. The van der Waals surface area contributed by atoms with Crippen molar-refractivity contribution >= 4 is 22.8 Å². The second-order valence-electron chi connectivity index (χ2n) is 10.7. The van der Waals surface area contributed by atoms with Gasteiger partial charge < -0.3 is 15.0 Å². The molecule has 2 aromatic rings. The third kappa shape index (κ3) is 3.33. The number of hydrogen-bond donors (Lipinski definition) is 2. The highest BCUT2D eigenvalue weighted by Gasteiger charge is 2.53. The molecule has 2 N–H and O–H groups in total. The zero-order valence-electron chi connectivity index (χ0n) is 18.5. The van der Waals surface area contributed by atoms with Gasteiger partial charge in [-0.1, -0.05) is 12.1 Å². The lowest BCUT2D eigenvalue weighted by Crippen LogP contribution is -2.61. The topological polar surface area (TPSA) is 87.5 Å². The molecule has 4 aliphatic carbocycles. The summed E-state index contributed by atoms with van der Waals surface area (Å²) in [6, 6.07) is 7.80. The fraction of sp³-hybridized carbons (Fsp3) is 0.640. The predicted molar refractivity (Wildman–Crippen MR) is 123 cm³/mol. The molecule has 32 heavy (non-hydrogen) atoms. The van der Waals surface area contributed by atoms with Crippen molar-refractivity contribution in [2.45, 2.75) is 62.9 Å². The van der Waals surface area contributed by atoms with Gasteiger partial charge >= 0.3 is 5.97 Å². The van der Waals surface area contributed by atoms with Gasteiger partial charge in [0, 0.05) is 24.7 Å². The van der Waals surface area contributed by atoms with Gasteiger partial charge in [-0.2, -0.15) is 0 Å². The van der Waals surface area contributed by atoms with Crippen molar-refractivity contribution < 1.29 is 9.90 Å². The van der Waals surface area contributed by atoms with E-state index in [4.69, 9.17) is 5.11 Å². The summed E-state index contributed by atoms with van der Waals surface area (Å²) in [5.74, 6) is 1.94. The molecule has 170 valence electrons. The molecule has 5 aliphatic rings. The molecule has 1 aromatic carbocycles. The molecular weight excluding hydrogens is 404 g/mol. The summed E-state index contributed by atoms with van der Waals surface area (Å²) in [7, 11) is 0. The second kappa shape index (κ2) is 7.58. The minimum atomic E-state index is -1.00. The first-order valence-electron chi connectivity index (χ1n) is 12.2. The number of nitrogens with zero attached hydrogens (tertiary/aromatic N) is 3. The Balaban J connectivity index is 1.27. The first-order chi connectivity index (χ1) is 15.5. The van der Waals surface area contributed by atoms with Crippen LogP contribution in [-0.2, 0) is 4.79 Å². The van der Waals surface area contributed by atoms with Crippen molar-refractivity contribution in [3.63, 3.8) is 0 Å². The minimum absolute atomic E-state index is 0.117. The Morgan fingerprint density at radius 1 is 1.06 bits per heavy atom. The van der Waals surface area contributed by atoms with Crippen molar-refractivity contribution in [3.8, 4) is 0 Å². The number of carboxylic acid groups (broad SMARTS) is 1. The minimum Gasteiger partial charge on any atom is -0.480 e. The number of aliphatic carboxylic acids is 1. The number of nitrogens with one attached hydrogen (secondary N) is 1. The van der Waals surface area contributed by atoms with Gasteiger partial charge in [0.25, 0.3) is 5.56 Å². The van der Waals surface area contributed by atoms with Crippen LogP contribution in [-0.4, -0.2) is 50.7 Å². The molecule has 0 radical (unpaired) electrons. The van der Waals surface area contributed by atoms with Crippen LogP contribution >= 0.6 is 0 Å². The zero-order chi connectivity index (χ0) is 21.9. The fourth-order valence-corrected chi connectivity index (χ4v) is 7.84. The van der Waals surface area contributed by atoms with Crippen LogP contribution in [0.15, 0.2) is 29.1 Å². The van der Waals surface area contributed by atoms with Crippen LogP contribution in [0.5, 0.6) is 0 Å². The lowest BCUT2D eigenvalue weighted by atomic mass is 9.52. The van der Waals surface area contributed by atoms with Gasteiger partial charge in [0.05, 0.1) is 11.0 Å². The van der Waals surface area contributed by atoms with Gasteiger partial charge in [-0.05, 0) is 81.3 Å². The smallest absolute Gasteiger partial charge is 0.322 e. The summed E-state index contributed by atoms with van der Waals surface area (Å²) in [4.78, 5) is 31.6. The van der Waals surface area contributed by atoms with Gasteiger partial charge in [0.1, 0.15) is 6.54 Å². The Kier molecular flexibility index (Phi) is 4.79. The van der Waals surface area contributed by atoms with Crippen LogP contribution in [0.25, 0.3) is 11.0 Å². The number of likely N-dealkylation sites (tertiary alicyclic amines) is 1. The van der Waals surface area contributed by atoms with Crippen molar-refractivity contribution in [1.82, 2.24) is 14.5 Å². The summed E-state index contributed by atoms with van der Waals surface area (Å²) < 4.78 is 1.88. The van der Waals surface area contributed by atoms with Gasteiger partial charge in [0.2, 0.25) is 0 Å². The van der Waals surface area contributed by atoms with Crippen molar-refractivity contribution in [1.29, 1.82) is 0 Å². The SMILES string of the molecule is O=C(O)CNc1nc2ccccc2n(C2CCN(C34CC5CC(CC(C5)C3)C4)CC2)c1=O. The molecule has 7 nitrogen and oxygen atoms in total. The number of para-hydroxylation sites is 2. The normalized spacial score (nSPS) is 32.4. The molecule has 2 heterocycles. The van der Waals surface area contributed by atoms with Crippen LogP contribution in [0.4, 0.5) is 5.82 Å². The van der Waals surface area contributed by atoms with Crippen LogP contribution in [0.1, 0.15) is 57.4 Å². The van der Waals surface area contributed by atoms with Gasteiger partial charge in [-0.15, -0.1) is 0 Å². The highest BCUT2D eigenvalue weighted by Crippen LogP contribution is 2.58. The summed E-state index contributed by atoms with van der Waals surface area (Å²) in [6.45, 7) is 1.76. The van der Waals surface area contributed by atoms with Crippen molar-refractivity contribution in [2.75, 3.05) is 25.0 Å². The number of hydrogen-bond acceptors (Lipinski definition) is 5. The lowest BCUT2D eigenvalue weighted by molar-refractivity contribution is -0.134. The van der Waals surface area contributed by atoms with E-state index in [2.05, 4.69) is 15.2 Å². The molecule has 0 spiro atoms. The van der Waals surface area contributed by atoms with Crippen molar-refractivity contribution in [2.24, 2.45) is 17.8 Å². The van der Waals surface area contributed by atoms with E-state index >= 15 is 0 Å². The largest absolute Gasteiger partial charge is 0.480 e. The summed E-state index contributed by atoms with van der Waals surface area (Å²) >= 11 is 0. The maximum atomic E-state index is 13.3. The molecule has 0 amide bonds. The fourth-order valence-electron chi connectivity index (χ4n) is 7.84. The van der Waals surface area contributed by atoms with E-state index in [1.807, 2.05) is 28.8 Å². The monoisotopic (exact) mass is 436 g/mol. The third-order valence-electron chi connectivity index (χ3n) is 8.71. The van der Waals surface area contributed by atoms with Gasteiger partial charge in [-0.25, -0.2) is 4.98 Å². The molecule has 7 rings (SSSR count). The second-order valence-corrected chi connectivity index (χ2v) is 10.7. The maximum Gasteiger partial charge on any atom is 0.322 e. The first kappa shape index (κ1) is 20.2. The molecule has 0 atom stereocenters. The van der Waals surface area contributed by atoms with Crippen molar-refractivity contribution in [3.05, 3.63) is 34.6 Å². The number of anilines is 1. The number of piperidine rings is 1. The van der Waals surface area contributed by atoms with Crippen LogP contribution in [0.3, 0.4) is 0 Å². The molecule has 1 saturated heterocycles. The van der Waals surface area contributed by atoms with E-state index in [0.717, 1.165) is 54.7 Å². The molecule has 4 saturated carbocycles. The maximum absolute atomic E-state index is 13.3. The van der Waals surface area contributed by atoms with E-state index in [1.165, 1.54) is 38.5 Å². The predicted octanol–water partition coefficient (Wildman–Crippen LogP) is 3.50. The molecular formula is C25H32N4O3. The summed E-state index contributed by atoms with van der Waals surface area (Å²) in [5, 5.41) is 11.8. The number of rotatable bonds is 5. The van der Waals surface area contributed by atoms with E-state index < -0.39 is 5.97 Å². The first-order valence-corrected chi connectivity index (χ1v) is 12.2. The molecule has 1 aromatic heterocycles. The molecule has 4 bridgehead atoms. The molecule has 5 fully saturated rings. The van der Waals surface area contributed by atoms with Crippen LogP contribution in [0, 0.1) is 17.8 Å². The number of aromatic nitrogens is 2. The highest BCUT2D eigenvalue weighted by atomic mass is 16.4. The molecule has 0 unspecified atom stereocenters. The summed E-state index contributed by atoms with van der Waals surface area (Å²) in [5.41, 5.74) is 1.77. The number of carbonyl (C=O) groups is 1. The molecule has 7 heteroatoms. The Bertz CT molecular complexity index is 1070. The van der Waals surface area contributed by atoms with E-state index in [-0.39, 0.29) is 24.0 Å². The van der Waals surface area contributed by atoms with Gasteiger partial charge in [-0.3, -0.25) is 14.5 Å². The Labute approximate surface area is 187 Å². The van der Waals surface area contributed by atoms with E-state index in [1.54, 1.807) is 0 Å². The Morgan fingerprint density at radius 2 is 1.69 bits per heavy atom. The summed E-state index contributed by atoms with van der Waals surface area (Å²) in [6.07, 6.45) is 10.4. The van der Waals surface area contributed by atoms with Crippen LogP contribution < -0.4 is 10.9 Å². The third-order valence-corrected chi connectivity index (χ3v) is 8.71. The highest BCUT2D eigenvalue weighted by molar-refractivity contribution is 5.77. The standard InChI is InChI=1S/C25H32N4O3/c30-22(31)15-26-23-24(32)29(21-4-2-1-3-20(21)27-23)19-5-7-28(8-6-19)25-12-16-9-17(13-25)11-18(10-16)14-25/h1-4,16-19H,5-15H2,(H,26,27)(H,30,31). The van der Waals surface area contributed by atoms with E-state index in [9.17, 15) is 9.59 Å². The Hall–Kier alpha value is -2.41. The quantitative estimate of drug-likeness (QED) is 0.746. The molecule has 1 aliphatic heterocycles. The average molecular weight is 437 g/mol. The van der Waals surface area contributed by atoms with Gasteiger partial charge in [0.15, 0.2) is 5.82 Å².